The number of guanidine groups is 1. The second kappa shape index (κ2) is 12.5. The summed E-state index contributed by atoms with van der Waals surface area (Å²) in [6, 6.07) is 0.519. The zero-order valence-electron chi connectivity index (χ0n) is 14.2. The first-order valence-electron chi connectivity index (χ1n) is 8.12. The Morgan fingerprint density at radius 3 is 2.38 bits per heavy atom. The summed E-state index contributed by atoms with van der Waals surface area (Å²) in [6.45, 7) is 14.1. The number of halogens is 1. The molecule has 1 fully saturated rings. The van der Waals surface area contributed by atoms with Crippen molar-refractivity contribution < 1.29 is 0 Å². The van der Waals surface area contributed by atoms with Crippen LogP contribution in [0.2, 0.25) is 0 Å². The predicted octanol–water partition coefficient (Wildman–Crippen LogP) is 1.60. The van der Waals surface area contributed by atoms with E-state index >= 15 is 0 Å². The van der Waals surface area contributed by atoms with Gasteiger partial charge in [-0.25, -0.2) is 0 Å². The molecular weight excluding hydrogens is 377 g/mol. The third-order valence-corrected chi connectivity index (χ3v) is 3.84. The van der Waals surface area contributed by atoms with Gasteiger partial charge in [0, 0.05) is 45.3 Å². The van der Waals surface area contributed by atoms with Gasteiger partial charge in [-0.3, -0.25) is 9.89 Å². The summed E-state index contributed by atoms with van der Waals surface area (Å²) in [5, 5.41) is 6.72. The van der Waals surface area contributed by atoms with Crippen LogP contribution in [0.1, 0.15) is 33.6 Å². The molecular formula is C15H34IN5. The molecule has 1 atom stereocenters. The topological polar surface area (TPSA) is 42.9 Å². The first-order chi connectivity index (χ1) is 9.67. The molecule has 1 rings (SSSR count). The van der Waals surface area contributed by atoms with Crippen LogP contribution in [0.4, 0.5) is 0 Å². The van der Waals surface area contributed by atoms with Crippen molar-refractivity contribution in [3.8, 4) is 0 Å². The molecule has 0 spiro atoms. The molecule has 21 heavy (non-hydrogen) atoms. The fourth-order valence-corrected chi connectivity index (χ4v) is 2.33. The third kappa shape index (κ3) is 8.83. The Kier molecular flexibility index (Phi) is 12.4. The molecule has 0 aromatic carbocycles. The van der Waals surface area contributed by atoms with E-state index in [4.69, 9.17) is 4.99 Å². The Morgan fingerprint density at radius 1 is 1.14 bits per heavy atom. The first kappa shape index (κ1) is 20.9. The van der Waals surface area contributed by atoms with Crippen LogP contribution in [0, 0.1) is 0 Å². The van der Waals surface area contributed by atoms with Crippen LogP contribution in [0.3, 0.4) is 0 Å². The lowest BCUT2D eigenvalue weighted by Gasteiger charge is -2.35. The van der Waals surface area contributed by atoms with E-state index in [1.54, 1.807) is 0 Å². The number of nitrogens with zero attached hydrogens (tertiary/aromatic N) is 3. The summed E-state index contributed by atoms with van der Waals surface area (Å²) in [4.78, 5) is 9.65. The Hall–Kier alpha value is -0.0800. The van der Waals surface area contributed by atoms with Crippen molar-refractivity contribution in [2.45, 2.75) is 39.7 Å². The Bertz CT molecular complexity index is 277. The maximum absolute atomic E-state index is 4.72. The van der Waals surface area contributed by atoms with Gasteiger partial charge in [-0.2, -0.15) is 0 Å². The van der Waals surface area contributed by atoms with E-state index in [1.165, 1.54) is 25.9 Å². The zero-order chi connectivity index (χ0) is 14.8. The van der Waals surface area contributed by atoms with Crippen LogP contribution in [0.5, 0.6) is 0 Å². The maximum atomic E-state index is 4.72. The van der Waals surface area contributed by atoms with E-state index in [-0.39, 0.29) is 24.0 Å². The Balaban J connectivity index is 0.00000400. The molecule has 1 aliphatic heterocycles. The van der Waals surface area contributed by atoms with Gasteiger partial charge >= 0.3 is 0 Å². The summed E-state index contributed by atoms with van der Waals surface area (Å²) >= 11 is 0. The van der Waals surface area contributed by atoms with E-state index < -0.39 is 0 Å². The van der Waals surface area contributed by atoms with Crippen LogP contribution in [-0.4, -0.2) is 74.7 Å². The van der Waals surface area contributed by atoms with Gasteiger partial charge in [0.15, 0.2) is 5.96 Å². The van der Waals surface area contributed by atoms with Crippen molar-refractivity contribution in [3.63, 3.8) is 0 Å². The van der Waals surface area contributed by atoms with E-state index in [2.05, 4.69) is 48.3 Å². The molecule has 2 N–H and O–H groups in total. The van der Waals surface area contributed by atoms with E-state index in [9.17, 15) is 0 Å². The van der Waals surface area contributed by atoms with Gasteiger partial charge in [0.05, 0.1) is 6.54 Å². The number of hydrogen-bond acceptors (Lipinski definition) is 3. The molecule has 126 valence electrons. The summed E-state index contributed by atoms with van der Waals surface area (Å²) in [5.41, 5.74) is 0. The zero-order valence-corrected chi connectivity index (χ0v) is 16.5. The first-order valence-corrected chi connectivity index (χ1v) is 8.12. The van der Waals surface area contributed by atoms with E-state index in [0.717, 1.165) is 38.7 Å². The standard InChI is InChI=1S/C15H33N5.HI/c1-5-7-8-17-15(16-6-2)18-13-14(3)20-11-9-19(4)10-12-20;/h14H,5-13H2,1-4H3,(H2,16,17,18);1H. The van der Waals surface area contributed by atoms with Crippen molar-refractivity contribution in [3.05, 3.63) is 0 Å². The van der Waals surface area contributed by atoms with Gasteiger partial charge in [-0.1, -0.05) is 13.3 Å². The molecule has 0 radical (unpaired) electrons. The lowest BCUT2D eigenvalue weighted by molar-refractivity contribution is 0.122. The molecule has 6 heteroatoms. The van der Waals surface area contributed by atoms with Crippen molar-refractivity contribution in [1.29, 1.82) is 0 Å². The van der Waals surface area contributed by atoms with Crippen molar-refractivity contribution in [2.24, 2.45) is 4.99 Å². The average molecular weight is 411 g/mol. The van der Waals surface area contributed by atoms with Gasteiger partial charge in [-0.15, -0.1) is 24.0 Å². The monoisotopic (exact) mass is 411 g/mol. The van der Waals surface area contributed by atoms with Crippen molar-refractivity contribution >= 4 is 29.9 Å². The lowest BCUT2D eigenvalue weighted by atomic mass is 10.2. The SMILES string of the molecule is CCCCNC(=NCC(C)N1CCN(C)CC1)NCC.I. The molecule has 0 saturated carbocycles. The molecule has 0 aromatic rings. The van der Waals surface area contributed by atoms with Crippen LogP contribution in [-0.2, 0) is 0 Å². The van der Waals surface area contributed by atoms with Crippen molar-refractivity contribution in [2.75, 3.05) is 52.9 Å². The van der Waals surface area contributed by atoms with Crippen LogP contribution >= 0.6 is 24.0 Å². The number of likely N-dealkylation sites (N-methyl/N-ethyl adjacent to an activating group) is 1. The molecule has 5 nitrogen and oxygen atoms in total. The minimum absolute atomic E-state index is 0. The quantitative estimate of drug-likeness (QED) is 0.289. The molecule has 0 amide bonds. The van der Waals surface area contributed by atoms with Crippen molar-refractivity contribution in [1.82, 2.24) is 20.4 Å². The highest BCUT2D eigenvalue weighted by atomic mass is 127. The van der Waals surface area contributed by atoms with Crippen LogP contribution < -0.4 is 10.6 Å². The molecule has 1 aliphatic rings. The van der Waals surface area contributed by atoms with Gasteiger partial charge in [0.25, 0.3) is 0 Å². The largest absolute Gasteiger partial charge is 0.357 e. The Labute approximate surface area is 148 Å². The van der Waals surface area contributed by atoms with Gasteiger partial charge in [0.1, 0.15) is 0 Å². The highest BCUT2D eigenvalue weighted by Crippen LogP contribution is 2.05. The summed E-state index contributed by atoms with van der Waals surface area (Å²) in [6.07, 6.45) is 2.41. The van der Waals surface area contributed by atoms with Gasteiger partial charge in [-0.05, 0) is 27.3 Å². The number of piperazine rings is 1. The molecule has 0 aromatic heterocycles. The molecule has 1 heterocycles. The van der Waals surface area contributed by atoms with Gasteiger partial charge < -0.3 is 15.5 Å². The number of hydrogen-bond donors (Lipinski definition) is 2. The highest BCUT2D eigenvalue weighted by molar-refractivity contribution is 14.0. The average Bonchev–Trinajstić information content (AvgIpc) is 2.45. The third-order valence-electron chi connectivity index (χ3n) is 3.84. The van der Waals surface area contributed by atoms with Crippen LogP contribution in [0.15, 0.2) is 4.99 Å². The highest BCUT2D eigenvalue weighted by Gasteiger charge is 2.18. The fourth-order valence-electron chi connectivity index (χ4n) is 2.33. The second-order valence-corrected chi connectivity index (χ2v) is 5.69. The fraction of sp³-hybridized carbons (Fsp3) is 0.933. The number of unbranched alkanes of at least 4 members (excludes halogenated alkanes) is 1. The normalized spacial score (nSPS) is 19.0. The second-order valence-electron chi connectivity index (χ2n) is 5.69. The van der Waals surface area contributed by atoms with Gasteiger partial charge in [0.2, 0.25) is 0 Å². The molecule has 1 unspecified atom stereocenters. The molecule has 1 saturated heterocycles. The predicted molar refractivity (Wildman–Crippen MR) is 103 cm³/mol. The lowest BCUT2D eigenvalue weighted by Crippen LogP contribution is -2.49. The number of aliphatic imine (C=N–C) groups is 1. The summed E-state index contributed by atoms with van der Waals surface area (Å²) < 4.78 is 0. The van der Waals surface area contributed by atoms with Crippen LogP contribution in [0.25, 0.3) is 0 Å². The molecule has 0 bridgehead atoms. The minimum atomic E-state index is 0. The smallest absolute Gasteiger partial charge is 0.191 e. The number of rotatable bonds is 7. The Morgan fingerprint density at radius 2 is 1.81 bits per heavy atom. The summed E-state index contributed by atoms with van der Waals surface area (Å²) in [7, 11) is 2.20. The number of nitrogens with one attached hydrogen (secondary N) is 2. The summed E-state index contributed by atoms with van der Waals surface area (Å²) in [5.74, 6) is 0.960. The van der Waals surface area contributed by atoms with E-state index in [0.29, 0.717) is 6.04 Å². The molecule has 0 aliphatic carbocycles. The minimum Gasteiger partial charge on any atom is -0.357 e. The maximum Gasteiger partial charge on any atom is 0.191 e. The van der Waals surface area contributed by atoms with E-state index in [1.807, 2.05) is 0 Å².